The van der Waals surface area contributed by atoms with E-state index >= 15 is 0 Å². The molecule has 1 aromatic carbocycles. The van der Waals surface area contributed by atoms with Gasteiger partial charge in [-0.25, -0.2) is 4.98 Å². The van der Waals surface area contributed by atoms with E-state index in [1.807, 2.05) is 24.3 Å². The zero-order valence-corrected chi connectivity index (χ0v) is 14.5. The lowest BCUT2D eigenvalue weighted by Crippen LogP contribution is -2.39. The highest BCUT2D eigenvalue weighted by molar-refractivity contribution is 9.10. The average Bonchev–Trinajstić information content (AvgIpc) is 2.55. The molecule has 0 saturated carbocycles. The lowest BCUT2D eigenvalue weighted by Gasteiger charge is -2.34. The van der Waals surface area contributed by atoms with Crippen molar-refractivity contribution in [2.24, 2.45) is 5.73 Å². The number of nitrogens with zero attached hydrogens (tertiary/aromatic N) is 2. The highest BCUT2D eigenvalue weighted by atomic mass is 79.9. The molecule has 23 heavy (non-hydrogen) atoms. The van der Waals surface area contributed by atoms with Gasteiger partial charge in [0, 0.05) is 23.8 Å². The van der Waals surface area contributed by atoms with Crippen LogP contribution in [0, 0.1) is 0 Å². The molecule has 1 aromatic heterocycles. The van der Waals surface area contributed by atoms with Gasteiger partial charge >= 0.3 is 0 Å². The molecule has 0 spiro atoms. The molecule has 5 nitrogen and oxygen atoms in total. The molecular weight excluding hydrogens is 382 g/mol. The number of rotatable bonds is 3. The van der Waals surface area contributed by atoms with Crippen molar-refractivity contribution < 1.29 is 9.53 Å². The number of anilines is 1. The van der Waals surface area contributed by atoms with E-state index < -0.39 is 5.91 Å². The molecule has 1 fully saturated rings. The summed E-state index contributed by atoms with van der Waals surface area (Å²) in [5, 5.41) is 0.415. The number of nitrogens with two attached hydrogens (primary N) is 1. The number of halogens is 2. The van der Waals surface area contributed by atoms with Crippen LogP contribution in [0.5, 0.6) is 0 Å². The first-order chi connectivity index (χ1) is 11.0. The van der Waals surface area contributed by atoms with E-state index in [2.05, 4.69) is 25.8 Å². The molecule has 2 aromatic rings. The van der Waals surface area contributed by atoms with Crippen molar-refractivity contribution in [3.05, 3.63) is 57.2 Å². The number of amides is 1. The Labute approximate surface area is 147 Å². The number of benzene rings is 1. The number of ether oxygens (including phenoxy) is 1. The van der Waals surface area contributed by atoms with Gasteiger partial charge in [0.25, 0.3) is 0 Å². The van der Waals surface area contributed by atoms with Crippen LogP contribution in [0.4, 0.5) is 5.82 Å². The maximum absolute atomic E-state index is 11.2. The van der Waals surface area contributed by atoms with Gasteiger partial charge in [0.2, 0.25) is 5.91 Å². The number of pyridine rings is 1. The lowest BCUT2D eigenvalue weighted by molar-refractivity contribution is 0.0395. The molecule has 7 heteroatoms. The van der Waals surface area contributed by atoms with E-state index in [0.29, 0.717) is 36.1 Å². The third-order valence-corrected chi connectivity index (χ3v) is 4.52. The molecule has 0 aliphatic carbocycles. The fourth-order valence-corrected chi connectivity index (χ4v) is 3.07. The summed E-state index contributed by atoms with van der Waals surface area (Å²) in [6, 6.07) is 9.60. The number of carbonyl (C=O) groups excluding carboxylic acids is 1. The molecule has 1 aliphatic heterocycles. The molecule has 3 rings (SSSR count). The second-order valence-corrected chi connectivity index (χ2v) is 6.57. The molecule has 1 unspecified atom stereocenters. The minimum atomic E-state index is -0.541. The maximum Gasteiger partial charge on any atom is 0.250 e. The Kier molecular flexibility index (Phi) is 4.84. The number of carbonyl (C=O) groups is 1. The standard InChI is InChI=1S/C16H15BrClN3O2/c17-12-3-1-10(2-4-12)14-9-21(5-6-23-14)16-13(18)7-11(8-20-16)15(19)22/h1-4,7-8,14H,5-6,9H2,(H2,19,22). The highest BCUT2D eigenvalue weighted by Crippen LogP contribution is 2.30. The van der Waals surface area contributed by atoms with Crippen LogP contribution in [0.2, 0.25) is 5.02 Å². The van der Waals surface area contributed by atoms with Crippen LogP contribution < -0.4 is 10.6 Å². The van der Waals surface area contributed by atoms with Gasteiger partial charge in [-0.3, -0.25) is 4.79 Å². The molecule has 1 amide bonds. The molecule has 2 N–H and O–H groups in total. The predicted octanol–water partition coefficient (Wildman–Crippen LogP) is 3.17. The fourth-order valence-electron chi connectivity index (χ4n) is 2.52. The largest absolute Gasteiger partial charge is 0.370 e. The number of primary amides is 1. The van der Waals surface area contributed by atoms with E-state index in [1.165, 1.54) is 6.20 Å². The summed E-state index contributed by atoms with van der Waals surface area (Å²) < 4.78 is 6.88. The SMILES string of the molecule is NC(=O)c1cnc(N2CCOC(c3ccc(Br)cc3)C2)c(Cl)c1. The second-order valence-electron chi connectivity index (χ2n) is 5.25. The second kappa shape index (κ2) is 6.86. The molecule has 0 radical (unpaired) electrons. The maximum atomic E-state index is 11.2. The molecule has 1 atom stereocenters. The summed E-state index contributed by atoms with van der Waals surface area (Å²) in [7, 11) is 0. The van der Waals surface area contributed by atoms with E-state index in [-0.39, 0.29) is 6.10 Å². The first kappa shape index (κ1) is 16.2. The Hall–Kier alpha value is -1.63. The summed E-state index contributed by atoms with van der Waals surface area (Å²) in [4.78, 5) is 17.5. The first-order valence-corrected chi connectivity index (χ1v) is 8.29. The van der Waals surface area contributed by atoms with Crippen LogP contribution in [0.15, 0.2) is 41.0 Å². The third kappa shape index (κ3) is 3.65. The van der Waals surface area contributed by atoms with Gasteiger partial charge in [-0.05, 0) is 23.8 Å². The third-order valence-electron chi connectivity index (χ3n) is 3.71. The van der Waals surface area contributed by atoms with E-state index in [1.54, 1.807) is 6.07 Å². The minimum absolute atomic E-state index is 0.0504. The van der Waals surface area contributed by atoms with Crippen molar-refractivity contribution >= 4 is 39.3 Å². The van der Waals surface area contributed by atoms with Gasteiger partial charge in [0.1, 0.15) is 11.9 Å². The average molecular weight is 397 g/mol. The van der Waals surface area contributed by atoms with Crippen LogP contribution in [-0.4, -0.2) is 30.6 Å². The minimum Gasteiger partial charge on any atom is -0.370 e. The van der Waals surface area contributed by atoms with Crippen molar-refractivity contribution in [3.63, 3.8) is 0 Å². The number of hydrogen-bond donors (Lipinski definition) is 1. The van der Waals surface area contributed by atoms with Gasteiger partial charge in [-0.1, -0.05) is 39.7 Å². The van der Waals surface area contributed by atoms with Crippen molar-refractivity contribution in [2.75, 3.05) is 24.6 Å². The van der Waals surface area contributed by atoms with Crippen LogP contribution in [0.25, 0.3) is 0 Å². The zero-order chi connectivity index (χ0) is 16.4. The Morgan fingerprint density at radius 3 is 2.78 bits per heavy atom. The van der Waals surface area contributed by atoms with Gasteiger partial charge in [0.05, 0.1) is 17.2 Å². The van der Waals surface area contributed by atoms with Gasteiger partial charge < -0.3 is 15.4 Å². The first-order valence-electron chi connectivity index (χ1n) is 7.12. The van der Waals surface area contributed by atoms with Crippen LogP contribution in [0.1, 0.15) is 22.0 Å². The number of morpholine rings is 1. The van der Waals surface area contributed by atoms with Gasteiger partial charge in [0.15, 0.2) is 0 Å². The predicted molar refractivity (Wildman–Crippen MR) is 92.8 cm³/mol. The highest BCUT2D eigenvalue weighted by Gasteiger charge is 2.24. The van der Waals surface area contributed by atoms with Gasteiger partial charge in [-0.2, -0.15) is 0 Å². The smallest absolute Gasteiger partial charge is 0.250 e. The normalized spacial score (nSPS) is 18.0. The summed E-state index contributed by atoms with van der Waals surface area (Å²) in [5.74, 6) is 0.0998. The summed E-state index contributed by atoms with van der Waals surface area (Å²) in [5.41, 5.74) is 6.65. The monoisotopic (exact) mass is 395 g/mol. The van der Waals surface area contributed by atoms with Gasteiger partial charge in [-0.15, -0.1) is 0 Å². The molecular formula is C16H15BrClN3O2. The summed E-state index contributed by atoms with van der Waals surface area (Å²) in [6.45, 7) is 1.91. The number of hydrogen-bond acceptors (Lipinski definition) is 4. The van der Waals surface area contributed by atoms with Crippen LogP contribution in [0.3, 0.4) is 0 Å². The number of aromatic nitrogens is 1. The zero-order valence-electron chi connectivity index (χ0n) is 12.2. The fraction of sp³-hybridized carbons (Fsp3) is 0.250. The molecule has 1 aliphatic rings. The molecule has 0 bridgehead atoms. The lowest BCUT2D eigenvalue weighted by atomic mass is 10.1. The molecule has 2 heterocycles. The summed E-state index contributed by atoms with van der Waals surface area (Å²) >= 11 is 9.69. The van der Waals surface area contributed by atoms with Crippen molar-refractivity contribution in [3.8, 4) is 0 Å². The van der Waals surface area contributed by atoms with Crippen molar-refractivity contribution in [1.82, 2.24) is 4.98 Å². The van der Waals surface area contributed by atoms with Crippen LogP contribution in [-0.2, 0) is 4.74 Å². The Bertz CT molecular complexity index is 724. The van der Waals surface area contributed by atoms with E-state index in [4.69, 9.17) is 22.1 Å². The van der Waals surface area contributed by atoms with Crippen molar-refractivity contribution in [1.29, 1.82) is 0 Å². The topological polar surface area (TPSA) is 68.5 Å². The van der Waals surface area contributed by atoms with E-state index in [9.17, 15) is 4.79 Å². The van der Waals surface area contributed by atoms with E-state index in [0.717, 1.165) is 10.0 Å². The molecule has 1 saturated heterocycles. The summed E-state index contributed by atoms with van der Waals surface area (Å²) in [6.07, 6.45) is 1.40. The van der Waals surface area contributed by atoms with Crippen molar-refractivity contribution in [2.45, 2.75) is 6.10 Å². The molecule has 120 valence electrons. The quantitative estimate of drug-likeness (QED) is 0.865. The Morgan fingerprint density at radius 2 is 2.13 bits per heavy atom. The Balaban J connectivity index is 1.81. The Morgan fingerprint density at radius 1 is 1.39 bits per heavy atom. The van der Waals surface area contributed by atoms with Crippen LogP contribution >= 0.6 is 27.5 Å².